The molecule has 0 aliphatic carbocycles. The van der Waals surface area contributed by atoms with Crippen LogP contribution in [0.3, 0.4) is 0 Å². The van der Waals surface area contributed by atoms with E-state index < -0.39 is 17.5 Å². The summed E-state index contributed by atoms with van der Waals surface area (Å²) in [6.07, 6.45) is -2.40. The highest BCUT2D eigenvalue weighted by molar-refractivity contribution is 7.09. The van der Waals surface area contributed by atoms with Crippen LogP contribution in [0.2, 0.25) is 0 Å². The van der Waals surface area contributed by atoms with E-state index in [4.69, 9.17) is 9.47 Å². The minimum Gasteiger partial charge on any atom is -0.378 e. The molecule has 2 amide bonds. The van der Waals surface area contributed by atoms with E-state index in [-0.39, 0.29) is 19.0 Å². The Morgan fingerprint density at radius 3 is 2.96 bits per heavy atom. The Morgan fingerprint density at radius 1 is 1.44 bits per heavy atom. The topological polar surface area (TPSA) is 63.7 Å². The summed E-state index contributed by atoms with van der Waals surface area (Å²) in [5, 5.41) is 4.09. The zero-order valence-electron chi connectivity index (χ0n) is 13.6. The quantitative estimate of drug-likeness (QED) is 0.875. The minimum absolute atomic E-state index is 0.235. The largest absolute Gasteiger partial charge is 0.434 e. The van der Waals surface area contributed by atoms with E-state index in [2.05, 4.69) is 10.3 Å². The van der Waals surface area contributed by atoms with Gasteiger partial charge in [-0.3, -0.25) is 0 Å². The number of urea groups is 1. The summed E-state index contributed by atoms with van der Waals surface area (Å²) >= 11 is 0.949. The van der Waals surface area contributed by atoms with Crippen molar-refractivity contribution in [2.45, 2.75) is 31.0 Å². The second kappa shape index (κ2) is 7.46. The summed E-state index contributed by atoms with van der Waals surface area (Å²) in [7, 11) is 0. The Bertz CT molecular complexity index is 597. The molecule has 10 heteroatoms. The Labute approximate surface area is 147 Å². The fourth-order valence-corrected chi connectivity index (χ4v) is 3.83. The number of amides is 2. The van der Waals surface area contributed by atoms with Crippen molar-refractivity contribution < 1.29 is 27.4 Å². The van der Waals surface area contributed by atoms with E-state index in [0.717, 1.165) is 29.6 Å². The van der Waals surface area contributed by atoms with Crippen LogP contribution in [0.4, 0.5) is 18.0 Å². The Morgan fingerprint density at radius 2 is 2.28 bits per heavy atom. The molecule has 2 aliphatic rings. The predicted molar refractivity (Wildman–Crippen MR) is 84.5 cm³/mol. The zero-order valence-corrected chi connectivity index (χ0v) is 14.4. The van der Waals surface area contributed by atoms with Gasteiger partial charge in [-0.2, -0.15) is 13.2 Å². The Hall–Kier alpha value is -1.39. The molecule has 6 nitrogen and oxygen atoms in total. The molecule has 3 rings (SSSR count). The number of aromatic nitrogens is 1. The molecule has 1 N–H and O–H groups in total. The molecule has 1 unspecified atom stereocenters. The summed E-state index contributed by atoms with van der Waals surface area (Å²) in [5.41, 5.74) is -1.31. The third-order valence-electron chi connectivity index (χ3n) is 4.28. The van der Waals surface area contributed by atoms with Gasteiger partial charge in [-0.15, -0.1) is 11.3 Å². The molecule has 0 bridgehead atoms. The van der Waals surface area contributed by atoms with Gasteiger partial charge in [-0.05, 0) is 12.8 Å². The number of alkyl halides is 3. The van der Waals surface area contributed by atoms with Gasteiger partial charge < -0.3 is 19.7 Å². The maximum atomic E-state index is 12.5. The highest BCUT2D eigenvalue weighted by atomic mass is 32.1. The van der Waals surface area contributed by atoms with E-state index in [0.29, 0.717) is 37.9 Å². The fourth-order valence-electron chi connectivity index (χ4n) is 3.03. The maximum Gasteiger partial charge on any atom is 0.434 e. The molecule has 2 aliphatic heterocycles. The molecule has 0 aromatic carbocycles. The smallest absolute Gasteiger partial charge is 0.378 e. The summed E-state index contributed by atoms with van der Waals surface area (Å²) in [5.74, 6) is 0. The van der Waals surface area contributed by atoms with Crippen LogP contribution in [0.15, 0.2) is 5.38 Å². The standard InChI is InChI=1S/C15H20F3N3O3S/c16-15(17,18)11-8-25-12(20-11)2-4-19-13(22)21-5-7-24-14(9-21)3-1-6-23-10-14/h8H,1-7,9-10H2,(H,19,22). The first kappa shape index (κ1) is 18.4. The normalized spacial score (nSPS) is 24.5. The lowest BCUT2D eigenvalue weighted by molar-refractivity contribution is -0.160. The van der Waals surface area contributed by atoms with Crippen molar-refractivity contribution in [3.05, 3.63) is 16.1 Å². The number of thiazole rings is 1. The van der Waals surface area contributed by atoms with Crippen molar-refractivity contribution in [2.24, 2.45) is 0 Å². The third kappa shape index (κ3) is 4.62. The zero-order chi connectivity index (χ0) is 17.9. The van der Waals surface area contributed by atoms with Crippen molar-refractivity contribution in [1.29, 1.82) is 0 Å². The van der Waals surface area contributed by atoms with Crippen molar-refractivity contribution in [3.8, 4) is 0 Å². The average Bonchev–Trinajstić information content (AvgIpc) is 3.05. The Kier molecular flexibility index (Phi) is 5.49. The monoisotopic (exact) mass is 379 g/mol. The summed E-state index contributed by atoms with van der Waals surface area (Å²) in [6.45, 7) is 2.85. The van der Waals surface area contributed by atoms with E-state index in [9.17, 15) is 18.0 Å². The highest BCUT2D eigenvalue weighted by Crippen LogP contribution is 2.30. The first-order valence-corrected chi connectivity index (χ1v) is 9.02. The van der Waals surface area contributed by atoms with E-state index in [1.165, 1.54) is 0 Å². The molecule has 1 aromatic rings. The van der Waals surface area contributed by atoms with Crippen molar-refractivity contribution in [3.63, 3.8) is 0 Å². The van der Waals surface area contributed by atoms with Crippen LogP contribution >= 0.6 is 11.3 Å². The van der Waals surface area contributed by atoms with Gasteiger partial charge in [-0.25, -0.2) is 9.78 Å². The third-order valence-corrected chi connectivity index (χ3v) is 5.19. The van der Waals surface area contributed by atoms with Crippen LogP contribution in [0.1, 0.15) is 23.5 Å². The van der Waals surface area contributed by atoms with Gasteiger partial charge in [0, 0.05) is 31.5 Å². The van der Waals surface area contributed by atoms with Gasteiger partial charge in [0.2, 0.25) is 0 Å². The van der Waals surface area contributed by atoms with Crippen LogP contribution in [0.5, 0.6) is 0 Å². The number of carbonyl (C=O) groups is 1. The number of hydrogen-bond acceptors (Lipinski definition) is 5. The highest BCUT2D eigenvalue weighted by Gasteiger charge is 2.40. The SMILES string of the molecule is O=C(NCCc1nc(C(F)(F)F)cs1)N1CCOC2(CCCOC2)C1. The number of ether oxygens (including phenoxy) is 2. The number of hydrogen-bond donors (Lipinski definition) is 1. The number of nitrogens with zero attached hydrogens (tertiary/aromatic N) is 2. The van der Waals surface area contributed by atoms with E-state index in [1.807, 2.05) is 0 Å². The van der Waals surface area contributed by atoms with Gasteiger partial charge >= 0.3 is 12.2 Å². The van der Waals surface area contributed by atoms with E-state index in [1.54, 1.807) is 4.90 Å². The molecule has 25 heavy (non-hydrogen) atoms. The molecular formula is C15H20F3N3O3S. The van der Waals surface area contributed by atoms with Gasteiger partial charge in [0.25, 0.3) is 0 Å². The van der Waals surface area contributed by atoms with Crippen molar-refractivity contribution >= 4 is 17.4 Å². The van der Waals surface area contributed by atoms with Crippen LogP contribution in [0.25, 0.3) is 0 Å². The minimum atomic E-state index is -4.43. The molecule has 0 radical (unpaired) electrons. The van der Waals surface area contributed by atoms with Gasteiger partial charge in [0.15, 0.2) is 5.69 Å². The molecule has 1 spiro atoms. The van der Waals surface area contributed by atoms with Crippen LogP contribution in [0, 0.1) is 0 Å². The van der Waals surface area contributed by atoms with Crippen LogP contribution in [-0.2, 0) is 22.1 Å². The number of halogens is 3. The number of carbonyl (C=O) groups excluding carboxylic acids is 1. The molecule has 1 atom stereocenters. The summed E-state index contributed by atoms with van der Waals surface area (Å²) in [6, 6.07) is -0.235. The number of morpholine rings is 1. The van der Waals surface area contributed by atoms with Gasteiger partial charge in [0.05, 0.1) is 24.8 Å². The second-order valence-corrected chi connectivity index (χ2v) is 7.16. The first-order chi connectivity index (χ1) is 11.9. The predicted octanol–water partition coefficient (Wildman–Crippen LogP) is 2.30. The Balaban J connectivity index is 1.46. The molecule has 3 heterocycles. The maximum absolute atomic E-state index is 12.5. The lowest BCUT2D eigenvalue weighted by atomic mass is 9.94. The summed E-state index contributed by atoms with van der Waals surface area (Å²) < 4.78 is 48.9. The van der Waals surface area contributed by atoms with E-state index >= 15 is 0 Å². The first-order valence-electron chi connectivity index (χ1n) is 8.14. The molecule has 2 fully saturated rings. The second-order valence-electron chi connectivity index (χ2n) is 6.22. The van der Waals surface area contributed by atoms with Crippen LogP contribution in [-0.4, -0.2) is 61.0 Å². The molecule has 1 aromatic heterocycles. The van der Waals surface area contributed by atoms with Gasteiger partial charge in [0.1, 0.15) is 5.60 Å². The number of rotatable bonds is 3. The summed E-state index contributed by atoms with van der Waals surface area (Å²) in [4.78, 5) is 17.5. The number of nitrogens with one attached hydrogen (secondary N) is 1. The van der Waals surface area contributed by atoms with Crippen LogP contribution < -0.4 is 5.32 Å². The fraction of sp³-hybridized carbons (Fsp3) is 0.733. The molecule has 0 saturated carbocycles. The lowest BCUT2D eigenvalue weighted by Gasteiger charge is -2.44. The molecule has 2 saturated heterocycles. The average molecular weight is 379 g/mol. The molecular weight excluding hydrogens is 359 g/mol. The lowest BCUT2D eigenvalue weighted by Crippen LogP contribution is -2.59. The van der Waals surface area contributed by atoms with Gasteiger partial charge in [-0.1, -0.05) is 0 Å². The molecule has 140 valence electrons. The van der Waals surface area contributed by atoms with Crippen molar-refractivity contribution in [1.82, 2.24) is 15.2 Å². The van der Waals surface area contributed by atoms with Crippen molar-refractivity contribution in [2.75, 3.05) is 39.5 Å².